The van der Waals surface area contributed by atoms with Gasteiger partial charge in [0.25, 0.3) is 5.91 Å². The Morgan fingerprint density at radius 1 is 1.00 bits per heavy atom. The van der Waals surface area contributed by atoms with Crippen LogP contribution in [0, 0.1) is 11.3 Å². The second kappa shape index (κ2) is 8.45. The molecule has 0 atom stereocenters. The molecule has 0 radical (unpaired) electrons. The molecule has 2 N–H and O–H groups in total. The molecule has 0 aliphatic heterocycles. The summed E-state index contributed by atoms with van der Waals surface area (Å²) in [6, 6.07) is 20.8. The van der Waals surface area contributed by atoms with Crippen molar-refractivity contribution in [3.8, 4) is 6.07 Å². The lowest BCUT2D eigenvalue weighted by atomic mass is 10.1. The molecule has 1 amide bonds. The number of nitriles is 1. The van der Waals surface area contributed by atoms with Crippen LogP contribution < -0.4 is 10.6 Å². The summed E-state index contributed by atoms with van der Waals surface area (Å²) in [6.07, 6.45) is 4.10. The number of nitrogens with zero attached hydrogens (tertiary/aromatic N) is 2. The van der Waals surface area contributed by atoms with Crippen LogP contribution >= 0.6 is 0 Å². The number of hydrogen-bond donors (Lipinski definition) is 2. The first-order chi connectivity index (χ1) is 12.7. The first-order valence-corrected chi connectivity index (χ1v) is 8.29. The minimum atomic E-state index is -0.265. The molecule has 0 unspecified atom stereocenters. The van der Waals surface area contributed by atoms with Crippen LogP contribution in [0.15, 0.2) is 73.1 Å². The molecular formula is C21H18N4O. The highest BCUT2D eigenvalue weighted by molar-refractivity contribution is 6.04. The maximum absolute atomic E-state index is 12.4. The highest BCUT2D eigenvalue weighted by Crippen LogP contribution is 2.14. The summed E-state index contributed by atoms with van der Waals surface area (Å²) in [5.41, 5.74) is 3.57. The van der Waals surface area contributed by atoms with Gasteiger partial charge in [-0.2, -0.15) is 5.26 Å². The molecule has 0 fully saturated rings. The highest BCUT2D eigenvalue weighted by atomic mass is 16.1. The molecule has 0 bridgehead atoms. The van der Waals surface area contributed by atoms with E-state index in [0.29, 0.717) is 16.8 Å². The SMILES string of the molecule is N#Cc1cccc(NC(=O)c2cncc(NCCc3ccccc3)c2)c1. The smallest absolute Gasteiger partial charge is 0.257 e. The van der Waals surface area contributed by atoms with E-state index in [2.05, 4.69) is 33.8 Å². The Labute approximate surface area is 152 Å². The Morgan fingerprint density at radius 2 is 1.85 bits per heavy atom. The zero-order chi connectivity index (χ0) is 18.2. The van der Waals surface area contributed by atoms with Gasteiger partial charge in [0, 0.05) is 24.6 Å². The average Bonchev–Trinajstić information content (AvgIpc) is 2.69. The summed E-state index contributed by atoms with van der Waals surface area (Å²) in [5, 5.41) is 15.0. The minimum absolute atomic E-state index is 0.265. The largest absolute Gasteiger partial charge is 0.383 e. The average molecular weight is 342 g/mol. The van der Waals surface area contributed by atoms with Crippen molar-refractivity contribution < 1.29 is 4.79 Å². The van der Waals surface area contributed by atoms with Crippen LogP contribution in [0.5, 0.6) is 0 Å². The molecule has 0 aliphatic carbocycles. The molecule has 1 heterocycles. The quantitative estimate of drug-likeness (QED) is 0.713. The van der Waals surface area contributed by atoms with E-state index < -0.39 is 0 Å². The lowest BCUT2D eigenvalue weighted by molar-refractivity contribution is 0.102. The number of rotatable bonds is 6. The van der Waals surface area contributed by atoms with Gasteiger partial charge in [0.2, 0.25) is 0 Å². The molecule has 5 heteroatoms. The number of hydrogen-bond acceptors (Lipinski definition) is 4. The molecule has 0 aliphatic rings. The molecular weight excluding hydrogens is 324 g/mol. The van der Waals surface area contributed by atoms with Crippen molar-refractivity contribution in [3.05, 3.63) is 89.7 Å². The molecule has 5 nitrogen and oxygen atoms in total. The van der Waals surface area contributed by atoms with Gasteiger partial charge < -0.3 is 10.6 Å². The van der Waals surface area contributed by atoms with Gasteiger partial charge in [-0.3, -0.25) is 9.78 Å². The van der Waals surface area contributed by atoms with Crippen molar-refractivity contribution in [1.82, 2.24) is 4.98 Å². The van der Waals surface area contributed by atoms with Crippen LogP contribution in [0.1, 0.15) is 21.5 Å². The fraction of sp³-hybridized carbons (Fsp3) is 0.0952. The predicted octanol–water partition coefficient (Wildman–Crippen LogP) is 3.86. The lowest BCUT2D eigenvalue weighted by Gasteiger charge is -2.09. The molecule has 3 aromatic rings. The second-order valence-electron chi connectivity index (χ2n) is 5.77. The third-order valence-electron chi connectivity index (χ3n) is 3.84. The Balaban J connectivity index is 1.61. The summed E-state index contributed by atoms with van der Waals surface area (Å²) in [4.78, 5) is 16.5. The Morgan fingerprint density at radius 3 is 2.65 bits per heavy atom. The third kappa shape index (κ3) is 4.68. The van der Waals surface area contributed by atoms with E-state index in [0.717, 1.165) is 18.7 Å². The van der Waals surface area contributed by atoms with E-state index in [1.807, 2.05) is 18.2 Å². The van der Waals surface area contributed by atoms with Gasteiger partial charge in [-0.15, -0.1) is 0 Å². The monoisotopic (exact) mass is 342 g/mol. The van der Waals surface area contributed by atoms with Crippen molar-refractivity contribution in [3.63, 3.8) is 0 Å². The molecule has 2 aromatic carbocycles. The number of carbonyl (C=O) groups is 1. The van der Waals surface area contributed by atoms with Gasteiger partial charge in [-0.1, -0.05) is 36.4 Å². The van der Waals surface area contributed by atoms with Gasteiger partial charge in [0.1, 0.15) is 0 Å². The van der Waals surface area contributed by atoms with Gasteiger partial charge in [0.05, 0.1) is 22.9 Å². The Bertz CT molecular complexity index is 932. The zero-order valence-corrected chi connectivity index (χ0v) is 14.1. The van der Waals surface area contributed by atoms with Crippen molar-refractivity contribution in [2.45, 2.75) is 6.42 Å². The fourth-order valence-electron chi connectivity index (χ4n) is 2.53. The van der Waals surface area contributed by atoms with Gasteiger partial charge in [-0.25, -0.2) is 0 Å². The van der Waals surface area contributed by atoms with Crippen molar-refractivity contribution in [2.75, 3.05) is 17.2 Å². The maximum atomic E-state index is 12.4. The maximum Gasteiger partial charge on any atom is 0.257 e. The predicted molar refractivity (Wildman–Crippen MR) is 102 cm³/mol. The molecule has 1 aromatic heterocycles. The summed E-state index contributed by atoms with van der Waals surface area (Å²) < 4.78 is 0. The summed E-state index contributed by atoms with van der Waals surface area (Å²) >= 11 is 0. The van der Waals surface area contributed by atoms with Crippen molar-refractivity contribution in [1.29, 1.82) is 5.26 Å². The summed E-state index contributed by atoms with van der Waals surface area (Å²) in [6.45, 7) is 0.751. The van der Waals surface area contributed by atoms with Crippen LogP contribution in [0.2, 0.25) is 0 Å². The number of benzene rings is 2. The molecule has 3 rings (SSSR count). The standard InChI is InChI=1S/C21H18N4O/c22-13-17-7-4-8-19(11-17)25-21(26)18-12-20(15-23-14-18)24-10-9-16-5-2-1-3-6-16/h1-8,11-12,14-15,24H,9-10H2,(H,25,26). The first kappa shape index (κ1) is 17.2. The van der Waals surface area contributed by atoms with Crippen LogP contribution in [-0.4, -0.2) is 17.4 Å². The zero-order valence-electron chi connectivity index (χ0n) is 14.1. The number of nitrogens with one attached hydrogen (secondary N) is 2. The van der Waals surface area contributed by atoms with Gasteiger partial charge >= 0.3 is 0 Å². The summed E-state index contributed by atoms with van der Waals surface area (Å²) in [5.74, 6) is -0.265. The van der Waals surface area contributed by atoms with Crippen LogP contribution in [0.25, 0.3) is 0 Å². The van der Waals surface area contributed by atoms with E-state index in [4.69, 9.17) is 5.26 Å². The van der Waals surface area contributed by atoms with Crippen LogP contribution in [-0.2, 0) is 6.42 Å². The highest BCUT2D eigenvalue weighted by Gasteiger charge is 2.08. The van der Waals surface area contributed by atoms with Crippen molar-refractivity contribution >= 4 is 17.3 Å². The molecule has 0 saturated carbocycles. The van der Waals surface area contributed by atoms with Gasteiger partial charge in [0.15, 0.2) is 0 Å². The van der Waals surface area contributed by atoms with E-state index >= 15 is 0 Å². The number of amides is 1. The molecule has 26 heavy (non-hydrogen) atoms. The first-order valence-electron chi connectivity index (χ1n) is 8.29. The number of anilines is 2. The number of carbonyl (C=O) groups excluding carboxylic acids is 1. The van der Waals surface area contributed by atoms with Crippen LogP contribution in [0.4, 0.5) is 11.4 Å². The lowest BCUT2D eigenvalue weighted by Crippen LogP contribution is -2.13. The van der Waals surface area contributed by atoms with Crippen molar-refractivity contribution in [2.24, 2.45) is 0 Å². The normalized spacial score (nSPS) is 9.96. The molecule has 0 spiro atoms. The van der Waals surface area contributed by atoms with E-state index in [-0.39, 0.29) is 5.91 Å². The Kier molecular flexibility index (Phi) is 5.58. The van der Waals surface area contributed by atoms with E-state index in [1.54, 1.807) is 36.5 Å². The van der Waals surface area contributed by atoms with E-state index in [9.17, 15) is 4.79 Å². The number of aromatic nitrogens is 1. The Hall–Kier alpha value is -3.65. The number of pyridine rings is 1. The van der Waals surface area contributed by atoms with E-state index in [1.165, 1.54) is 11.8 Å². The van der Waals surface area contributed by atoms with Gasteiger partial charge in [-0.05, 0) is 36.2 Å². The fourth-order valence-corrected chi connectivity index (χ4v) is 2.53. The minimum Gasteiger partial charge on any atom is -0.383 e. The second-order valence-corrected chi connectivity index (χ2v) is 5.77. The van der Waals surface area contributed by atoms with Crippen LogP contribution in [0.3, 0.4) is 0 Å². The summed E-state index contributed by atoms with van der Waals surface area (Å²) in [7, 11) is 0. The molecule has 0 saturated heterocycles. The topological polar surface area (TPSA) is 77.8 Å². The molecule has 128 valence electrons. The third-order valence-corrected chi connectivity index (χ3v) is 3.84.